The Kier molecular flexibility index (Phi) is 4.20. The Morgan fingerprint density at radius 2 is 2.00 bits per heavy atom. The SMILES string of the molecule is N#Cc1cccc(N2CCC3(CC2)CC(Cn2cnc4ccccc42)OC3=O)n1. The first kappa shape index (κ1) is 17.7. The van der Waals surface area contributed by atoms with Gasteiger partial charge in [0.2, 0.25) is 0 Å². The number of esters is 1. The van der Waals surface area contributed by atoms with Gasteiger partial charge in [0, 0.05) is 19.5 Å². The summed E-state index contributed by atoms with van der Waals surface area (Å²) in [5.41, 5.74) is 2.01. The van der Waals surface area contributed by atoms with E-state index >= 15 is 0 Å². The predicted octanol–water partition coefficient (Wildman–Crippen LogP) is 2.91. The van der Waals surface area contributed by atoms with Crippen LogP contribution >= 0.6 is 0 Å². The van der Waals surface area contributed by atoms with E-state index in [9.17, 15) is 4.79 Å². The molecule has 0 aliphatic carbocycles. The van der Waals surface area contributed by atoms with Gasteiger partial charge < -0.3 is 14.2 Å². The van der Waals surface area contributed by atoms with Crippen LogP contribution in [0, 0.1) is 16.7 Å². The average Bonchev–Trinajstić information content (AvgIpc) is 3.30. The second-order valence-corrected chi connectivity index (χ2v) is 7.88. The number of nitriles is 1. The van der Waals surface area contributed by atoms with Gasteiger partial charge in [-0.25, -0.2) is 9.97 Å². The highest BCUT2D eigenvalue weighted by Gasteiger charge is 2.50. The van der Waals surface area contributed by atoms with Crippen LogP contribution in [-0.2, 0) is 16.1 Å². The number of ether oxygens (including phenoxy) is 1. The number of rotatable bonds is 3. The minimum absolute atomic E-state index is 0.0784. The molecule has 1 atom stereocenters. The zero-order valence-electron chi connectivity index (χ0n) is 16.0. The average molecular weight is 387 g/mol. The van der Waals surface area contributed by atoms with Crippen LogP contribution in [0.4, 0.5) is 5.82 Å². The third kappa shape index (κ3) is 3.11. The Labute approximate surface area is 168 Å². The molecule has 7 heteroatoms. The molecule has 0 radical (unpaired) electrons. The number of piperidine rings is 1. The van der Waals surface area contributed by atoms with Crippen molar-refractivity contribution >= 4 is 22.8 Å². The Morgan fingerprint density at radius 1 is 1.17 bits per heavy atom. The van der Waals surface area contributed by atoms with Crippen molar-refractivity contribution in [1.29, 1.82) is 5.26 Å². The smallest absolute Gasteiger partial charge is 0.312 e. The summed E-state index contributed by atoms with van der Waals surface area (Å²) in [6.45, 7) is 2.10. The lowest BCUT2D eigenvalue weighted by atomic mass is 9.76. The highest BCUT2D eigenvalue weighted by molar-refractivity contribution is 5.80. The zero-order chi connectivity index (χ0) is 19.8. The maximum Gasteiger partial charge on any atom is 0.312 e. The molecule has 2 saturated heterocycles. The fourth-order valence-electron chi connectivity index (χ4n) is 4.55. The Hall–Kier alpha value is -3.40. The zero-order valence-corrected chi connectivity index (χ0v) is 16.0. The summed E-state index contributed by atoms with van der Waals surface area (Å²) < 4.78 is 7.86. The number of carbonyl (C=O) groups excluding carboxylic acids is 1. The number of pyridine rings is 1. The van der Waals surface area contributed by atoms with Crippen LogP contribution in [0.2, 0.25) is 0 Å². The summed E-state index contributed by atoms with van der Waals surface area (Å²) in [6.07, 6.45) is 3.90. The summed E-state index contributed by atoms with van der Waals surface area (Å²) in [5, 5.41) is 9.06. The van der Waals surface area contributed by atoms with Gasteiger partial charge >= 0.3 is 5.97 Å². The number of para-hydroxylation sites is 2. The van der Waals surface area contributed by atoms with E-state index < -0.39 is 5.41 Å². The third-order valence-corrected chi connectivity index (χ3v) is 6.15. The molecule has 0 saturated carbocycles. The van der Waals surface area contributed by atoms with E-state index in [0.29, 0.717) is 12.2 Å². The van der Waals surface area contributed by atoms with Crippen molar-refractivity contribution in [3.8, 4) is 6.07 Å². The topological polar surface area (TPSA) is 84.0 Å². The van der Waals surface area contributed by atoms with Crippen LogP contribution in [0.3, 0.4) is 0 Å². The molecule has 1 aromatic carbocycles. The number of carbonyl (C=O) groups is 1. The van der Waals surface area contributed by atoms with Gasteiger partial charge in [0.1, 0.15) is 23.7 Å². The summed E-state index contributed by atoms with van der Waals surface area (Å²) in [4.78, 5) is 23.7. The van der Waals surface area contributed by atoms with Gasteiger partial charge in [-0.05, 0) is 37.1 Å². The maximum atomic E-state index is 12.8. The van der Waals surface area contributed by atoms with E-state index in [0.717, 1.165) is 49.2 Å². The van der Waals surface area contributed by atoms with Gasteiger partial charge in [-0.1, -0.05) is 18.2 Å². The Bertz CT molecular complexity index is 1110. The Morgan fingerprint density at radius 3 is 2.83 bits per heavy atom. The lowest BCUT2D eigenvalue weighted by molar-refractivity contribution is -0.150. The minimum atomic E-state index is -0.412. The first-order valence-electron chi connectivity index (χ1n) is 9.90. The molecule has 0 amide bonds. The number of anilines is 1. The van der Waals surface area contributed by atoms with Crippen molar-refractivity contribution in [2.45, 2.75) is 31.9 Å². The van der Waals surface area contributed by atoms with Crippen LogP contribution in [-0.4, -0.2) is 39.7 Å². The first-order valence-corrected chi connectivity index (χ1v) is 9.90. The van der Waals surface area contributed by atoms with Gasteiger partial charge in [0.15, 0.2) is 0 Å². The van der Waals surface area contributed by atoms with Crippen molar-refractivity contribution in [1.82, 2.24) is 14.5 Å². The molecule has 2 aliphatic rings. The molecule has 4 heterocycles. The number of imidazole rings is 1. The molecule has 29 heavy (non-hydrogen) atoms. The highest BCUT2D eigenvalue weighted by atomic mass is 16.6. The molecule has 0 bridgehead atoms. The van der Waals surface area contributed by atoms with E-state index in [4.69, 9.17) is 10.00 Å². The fourth-order valence-corrected chi connectivity index (χ4v) is 4.55. The first-order chi connectivity index (χ1) is 14.2. The van der Waals surface area contributed by atoms with E-state index in [2.05, 4.69) is 25.5 Å². The molecule has 2 fully saturated rings. The van der Waals surface area contributed by atoms with E-state index in [1.54, 1.807) is 6.07 Å². The summed E-state index contributed by atoms with van der Waals surface area (Å²) in [7, 11) is 0. The standard InChI is InChI=1S/C22H21N5O2/c23-13-16-4-3-7-20(25-16)26-10-8-22(9-11-26)12-17(29-21(22)28)14-27-15-24-18-5-1-2-6-19(18)27/h1-7,15,17H,8-12,14H2. The predicted molar refractivity (Wildman–Crippen MR) is 107 cm³/mol. The third-order valence-electron chi connectivity index (χ3n) is 6.15. The second kappa shape index (κ2) is 6.89. The van der Waals surface area contributed by atoms with E-state index in [1.807, 2.05) is 42.7 Å². The maximum absolute atomic E-state index is 12.8. The van der Waals surface area contributed by atoms with Gasteiger partial charge in [0.05, 0.1) is 29.3 Å². The minimum Gasteiger partial charge on any atom is -0.460 e. The van der Waals surface area contributed by atoms with Gasteiger partial charge in [-0.15, -0.1) is 0 Å². The number of aromatic nitrogens is 3. The molecule has 7 nitrogen and oxygen atoms in total. The molecule has 5 rings (SSSR count). The van der Waals surface area contributed by atoms with Crippen LogP contribution in [0.15, 0.2) is 48.8 Å². The van der Waals surface area contributed by atoms with Gasteiger partial charge in [0.25, 0.3) is 0 Å². The van der Waals surface area contributed by atoms with Crippen LogP contribution in [0.1, 0.15) is 25.0 Å². The molecule has 2 aromatic heterocycles. The molecular formula is C22H21N5O2. The summed E-state index contributed by atoms with van der Waals surface area (Å²) in [6, 6.07) is 15.5. The molecule has 1 unspecified atom stereocenters. The van der Waals surface area contributed by atoms with Crippen LogP contribution in [0.5, 0.6) is 0 Å². The number of hydrogen-bond donors (Lipinski definition) is 0. The Balaban J connectivity index is 1.28. The normalized spacial score (nSPS) is 20.7. The largest absolute Gasteiger partial charge is 0.460 e. The molecule has 0 N–H and O–H groups in total. The van der Waals surface area contributed by atoms with Crippen molar-refractivity contribution < 1.29 is 9.53 Å². The highest BCUT2D eigenvalue weighted by Crippen LogP contribution is 2.44. The molecule has 2 aliphatic heterocycles. The van der Waals surface area contributed by atoms with Crippen LogP contribution in [0.25, 0.3) is 11.0 Å². The quantitative estimate of drug-likeness (QED) is 0.643. The lowest BCUT2D eigenvalue weighted by Gasteiger charge is -2.37. The molecule has 3 aromatic rings. The molecular weight excluding hydrogens is 366 g/mol. The number of cyclic esters (lactones) is 1. The fraction of sp³-hybridized carbons (Fsp3) is 0.364. The number of fused-ring (bicyclic) bond motifs is 1. The summed E-state index contributed by atoms with van der Waals surface area (Å²) >= 11 is 0. The van der Waals surface area contributed by atoms with Gasteiger partial charge in [-0.3, -0.25) is 4.79 Å². The summed E-state index contributed by atoms with van der Waals surface area (Å²) in [5.74, 6) is 0.719. The van der Waals surface area contributed by atoms with Crippen molar-refractivity contribution in [3.63, 3.8) is 0 Å². The number of nitrogens with zero attached hydrogens (tertiary/aromatic N) is 5. The number of benzene rings is 1. The lowest BCUT2D eigenvalue weighted by Crippen LogP contribution is -2.43. The monoisotopic (exact) mass is 387 g/mol. The van der Waals surface area contributed by atoms with Crippen molar-refractivity contribution in [3.05, 3.63) is 54.5 Å². The second-order valence-electron chi connectivity index (χ2n) is 7.88. The van der Waals surface area contributed by atoms with Crippen LogP contribution < -0.4 is 4.90 Å². The molecule has 1 spiro atoms. The van der Waals surface area contributed by atoms with Crippen molar-refractivity contribution in [2.75, 3.05) is 18.0 Å². The van der Waals surface area contributed by atoms with Gasteiger partial charge in [-0.2, -0.15) is 5.26 Å². The molecule has 146 valence electrons. The van der Waals surface area contributed by atoms with E-state index in [1.165, 1.54) is 0 Å². The van der Waals surface area contributed by atoms with E-state index in [-0.39, 0.29) is 12.1 Å². The number of hydrogen-bond acceptors (Lipinski definition) is 6. The van der Waals surface area contributed by atoms with Crippen molar-refractivity contribution in [2.24, 2.45) is 5.41 Å².